The Labute approximate surface area is 274 Å². The number of rotatable bonds is 10. The number of nitrogens with one attached hydrogen (secondary N) is 3. The van der Waals surface area contributed by atoms with E-state index in [1.54, 1.807) is 11.0 Å². The molecule has 10 nitrogen and oxygen atoms in total. The molecule has 6 rings (SSSR count). The Morgan fingerprint density at radius 1 is 0.957 bits per heavy atom. The first kappa shape index (κ1) is 33.5. The third-order valence-electron chi connectivity index (χ3n) is 13.3. The lowest BCUT2D eigenvalue weighted by Crippen LogP contribution is -2.60. The molecule has 256 valence electrons. The minimum Gasteiger partial charge on any atom is -0.344 e. The highest BCUT2D eigenvalue weighted by atomic mass is 32.2. The van der Waals surface area contributed by atoms with Crippen molar-refractivity contribution >= 4 is 33.7 Å². The van der Waals surface area contributed by atoms with Gasteiger partial charge in [-0.3, -0.25) is 23.9 Å². The number of sulfonamides is 1. The van der Waals surface area contributed by atoms with Crippen molar-refractivity contribution in [1.29, 1.82) is 0 Å². The van der Waals surface area contributed by atoms with Crippen molar-refractivity contribution in [3.05, 3.63) is 12.7 Å². The highest BCUT2D eigenvalue weighted by Crippen LogP contribution is 2.88. The first-order valence-electron chi connectivity index (χ1n) is 17.6. The fourth-order valence-electron chi connectivity index (χ4n) is 9.77. The predicted octanol–water partition coefficient (Wildman–Crippen LogP) is 3.95. The molecule has 2 spiro atoms. The Kier molecular flexibility index (Phi) is 8.04. The summed E-state index contributed by atoms with van der Waals surface area (Å²) < 4.78 is 27.5. The van der Waals surface area contributed by atoms with Crippen LogP contribution in [-0.2, 0) is 29.2 Å². The van der Waals surface area contributed by atoms with E-state index in [2.05, 4.69) is 35.8 Å². The zero-order valence-corrected chi connectivity index (χ0v) is 29.2. The lowest BCUT2D eigenvalue weighted by atomic mass is 9.73. The average molecular weight is 659 g/mol. The fourth-order valence-corrected chi connectivity index (χ4v) is 11.1. The van der Waals surface area contributed by atoms with Crippen molar-refractivity contribution in [2.24, 2.45) is 33.5 Å². The molecule has 11 heteroatoms. The number of fused-ring (bicyclic) bond motifs is 1. The van der Waals surface area contributed by atoms with E-state index in [9.17, 15) is 27.6 Å². The largest absolute Gasteiger partial charge is 0.344 e. The van der Waals surface area contributed by atoms with Gasteiger partial charge in [0.1, 0.15) is 17.6 Å². The van der Waals surface area contributed by atoms with E-state index >= 15 is 0 Å². The van der Waals surface area contributed by atoms with Crippen molar-refractivity contribution in [2.75, 3.05) is 6.54 Å². The highest BCUT2D eigenvalue weighted by molar-refractivity contribution is 7.91. The number of hydrogen-bond acceptors (Lipinski definition) is 6. The van der Waals surface area contributed by atoms with E-state index in [1.807, 2.05) is 20.8 Å². The van der Waals surface area contributed by atoms with E-state index in [0.717, 1.165) is 44.9 Å². The van der Waals surface area contributed by atoms with Crippen molar-refractivity contribution in [3.63, 3.8) is 0 Å². The van der Waals surface area contributed by atoms with Crippen LogP contribution in [0.2, 0.25) is 0 Å². The molecule has 3 N–H and O–H groups in total. The maximum absolute atomic E-state index is 14.6. The van der Waals surface area contributed by atoms with Crippen LogP contribution in [-0.4, -0.2) is 66.4 Å². The molecular weight excluding hydrogens is 604 g/mol. The molecule has 1 saturated heterocycles. The van der Waals surface area contributed by atoms with Gasteiger partial charge in [0.25, 0.3) is 5.91 Å². The van der Waals surface area contributed by atoms with Crippen LogP contribution in [0, 0.1) is 33.5 Å². The third kappa shape index (κ3) is 5.21. The third-order valence-corrected chi connectivity index (χ3v) is 15.1. The molecule has 0 aromatic heterocycles. The molecular formula is C35H54N4O6S. The summed E-state index contributed by atoms with van der Waals surface area (Å²) in [4.78, 5) is 57.5. The van der Waals surface area contributed by atoms with Gasteiger partial charge >= 0.3 is 0 Å². The molecule has 1 aliphatic heterocycles. The number of likely N-dealkylation sites (tertiary alicyclic amines) is 1. The molecule has 46 heavy (non-hydrogen) atoms. The van der Waals surface area contributed by atoms with Crippen LogP contribution in [0.5, 0.6) is 0 Å². The summed E-state index contributed by atoms with van der Waals surface area (Å²) >= 11 is 0. The van der Waals surface area contributed by atoms with Gasteiger partial charge in [-0.25, -0.2) is 8.42 Å². The normalized spacial score (nSPS) is 33.5. The van der Waals surface area contributed by atoms with Crippen LogP contribution in [0.3, 0.4) is 0 Å². The lowest BCUT2D eigenvalue weighted by molar-refractivity contribution is -0.144. The Bertz CT molecular complexity index is 1420. The van der Waals surface area contributed by atoms with Crippen LogP contribution >= 0.6 is 0 Å². The molecule has 0 bridgehead atoms. The van der Waals surface area contributed by atoms with E-state index in [0.29, 0.717) is 38.1 Å². The SMILES string of the molecule is C=C[C@@H]1C[C@]1(NC(=O)[C@@H]1C[C@@]2(CN1C(=O)[C@@H](NC(=O)CC1CCCCC1)C(C)(C)C)C(C)(C)C21CCC1)C(=O)NS(=O)(=O)C1CC1. The van der Waals surface area contributed by atoms with Gasteiger partial charge in [0.05, 0.1) is 5.25 Å². The first-order chi connectivity index (χ1) is 21.4. The Balaban J connectivity index is 1.26. The number of amides is 4. The summed E-state index contributed by atoms with van der Waals surface area (Å²) in [5.74, 6) is -1.69. The summed E-state index contributed by atoms with van der Waals surface area (Å²) in [7, 11) is -3.82. The number of carbonyl (C=O) groups excluding carboxylic acids is 4. The van der Waals surface area contributed by atoms with Gasteiger partial charge < -0.3 is 15.5 Å². The van der Waals surface area contributed by atoms with Crippen LogP contribution in [0.25, 0.3) is 0 Å². The summed E-state index contributed by atoms with van der Waals surface area (Å²) in [6, 6.07) is -1.67. The second-order valence-electron chi connectivity index (χ2n) is 17.1. The minimum atomic E-state index is -3.82. The van der Waals surface area contributed by atoms with Gasteiger partial charge in [-0.1, -0.05) is 66.4 Å². The number of carbonyl (C=O) groups is 4. The molecule has 5 saturated carbocycles. The summed E-state index contributed by atoms with van der Waals surface area (Å²) in [5.41, 5.74) is -2.27. The van der Waals surface area contributed by atoms with E-state index in [-0.39, 0.29) is 34.5 Å². The number of nitrogens with zero attached hydrogens (tertiary/aromatic N) is 1. The van der Waals surface area contributed by atoms with Crippen molar-refractivity contribution in [2.45, 2.75) is 141 Å². The smallest absolute Gasteiger partial charge is 0.259 e. The molecule has 6 aliphatic rings. The standard InChI is InChI=1S/C35H54N4O6S/c1-7-23-19-35(23,30(43)38-46(44,45)24-14-15-24)37-28(41)25-20-34(32(5,6)33(34)16-11-17-33)21-39(25)29(42)27(31(2,3)4)36-26(40)18-22-12-9-8-10-13-22/h7,22-25,27H,1,8-21H2,2-6H3,(H,36,40)(H,37,41)(H,38,43)/t23-,25+,27-,34-,35-/m1/s1. The second-order valence-corrected chi connectivity index (χ2v) is 19.0. The molecule has 0 radical (unpaired) electrons. The van der Waals surface area contributed by atoms with Gasteiger partial charge in [0, 0.05) is 24.3 Å². The Morgan fingerprint density at radius 2 is 1.61 bits per heavy atom. The second kappa shape index (κ2) is 11.1. The molecule has 0 unspecified atom stereocenters. The Morgan fingerprint density at radius 3 is 2.11 bits per heavy atom. The molecule has 0 aromatic carbocycles. The van der Waals surface area contributed by atoms with Crippen LogP contribution in [0.15, 0.2) is 12.7 Å². The van der Waals surface area contributed by atoms with Crippen LogP contribution in [0.4, 0.5) is 0 Å². The van der Waals surface area contributed by atoms with Gasteiger partial charge in [-0.05, 0) is 73.5 Å². The molecule has 5 atom stereocenters. The lowest BCUT2D eigenvalue weighted by Gasteiger charge is -2.36. The Hall–Kier alpha value is -2.43. The fraction of sp³-hybridized carbons (Fsp3) is 0.829. The maximum atomic E-state index is 14.6. The monoisotopic (exact) mass is 658 g/mol. The predicted molar refractivity (Wildman–Crippen MR) is 174 cm³/mol. The molecule has 5 aliphatic carbocycles. The van der Waals surface area contributed by atoms with E-state index in [1.165, 1.54) is 6.42 Å². The van der Waals surface area contributed by atoms with Gasteiger partial charge in [0.15, 0.2) is 0 Å². The zero-order chi connectivity index (χ0) is 33.5. The topological polar surface area (TPSA) is 142 Å². The van der Waals surface area contributed by atoms with Crippen LogP contribution in [0.1, 0.15) is 118 Å². The first-order valence-corrected chi connectivity index (χ1v) is 19.1. The summed E-state index contributed by atoms with van der Waals surface area (Å²) in [5, 5.41) is 5.45. The summed E-state index contributed by atoms with van der Waals surface area (Å²) in [6.45, 7) is 14.5. The maximum Gasteiger partial charge on any atom is 0.259 e. The van der Waals surface area contributed by atoms with Gasteiger partial charge in [-0.15, -0.1) is 6.58 Å². The number of hydrogen-bond donors (Lipinski definition) is 3. The van der Waals surface area contributed by atoms with E-state index < -0.39 is 56.0 Å². The van der Waals surface area contributed by atoms with Crippen molar-refractivity contribution < 1.29 is 27.6 Å². The zero-order valence-electron chi connectivity index (χ0n) is 28.4. The summed E-state index contributed by atoms with van der Waals surface area (Å²) in [6.07, 6.45) is 12.5. The molecule has 1 heterocycles. The molecule has 6 fully saturated rings. The minimum absolute atomic E-state index is 0.0612. The van der Waals surface area contributed by atoms with Crippen molar-refractivity contribution in [3.8, 4) is 0 Å². The quantitative estimate of drug-likeness (QED) is 0.304. The van der Waals surface area contributed by atoms with Gasteiger partial charge in [0.2, 0.25) is 27.7 Å². The van der Waals surface area contributed by atoms with Crippen LogP contribution < -0.4 is 15.4 Å². The highest BCUT2D eigenvalue weighted by Gasteiger charge is 2.85. The van der Waals surface area contributed by atoms with E-state index in [4.69, 9.17) is 0 Å². The van der Waals surface area contributed by atoms with Crippen molar-refractivity contribution in [1.82, 2.24) is 20.3 Å². The molecule has 4 amide bonds. The average Bonchev–Trinajstić information content (AvgIpc) is 3.89. The van der Waals surface area contributed by atoms with Gasteiger partial charge in [-0.2, -0.15) is 0 Å². The molecule has 0 aromatic rings.